The number of hydrogen-bond acceptors (Lipinski definition) is 2. The maximum atomic E-state index is 10.5. The van der Waals surface area contributed by atoms with Gasteiger partial charge in [0.25, 0.3) is 0 Å². The first kappa shape index (κ1) is 8.94. The molecule has 0 aliphatic rings. The summed E-state index contributed by atoms with van der Waals surface area (Å²) >= 11 is 0. The van der Waals surface area contributed by atoms with Gasteiger partial charge in [-0.2, -0.15) is 0 Å². The normalized spacial score (nSPS) is 8.60. The molecule has 2 N–H and O–H groups in total. The quantitative estimate of drug-likeness (QED) is 0.530. The zero-order valence-corrected chi connectivity index (χ0v) is 6.23. The Labute approximate surface area is 60.0 Å². The van der Waals surface area contributed by atoms with Crippen molar-refractivity contribution < 1.29 is 9.59 Å². The van der Waals surface area contributed by atoms with Crippen LogP contribution in [0.4, 0.5) is 0 Å². The van der Waals surface area contributed by atoms with Gasteiger partial charge in [0, 0.05) is 13.3 Å². The van der Waals surface area contributed by atoms with E-state index in [1.54, 1.807) is 6.92 Å². The van der Waals surface area contributed by atoms with Gasteiger partial charge in [0.05, 0.1) is 6.67 Å². The maximum Gasteiger partial charge on any atom is 0.221 e. The number of carbonyl (C=O) groups excluding carboxylic acids is 2. The SMILES string of the molecule is CCC(=O)NCNC(C)=O. The number of rotatable bonds is 3. The predicted octanol–water partition coefficient (Wildman–Crippen LogP) is -0.394. The minimum Gasteiger partial charge on any atom is -0.339 e. The molecule has 0 aromatic heterocycles. The number of hydrogen-bond donors (Lipinski definition) is 2. The van der Waals surface area contributed by atoms with Crippen molar-refractivity contribution in [3.63, 3.8) is 0 Å². The Hall–Kier alpha value is -1.06. The Morgan fingerprint density at radius 1 is 1.30 bits per heavy atom. The van der Waals surface area contributed by atoms with Crippen LogP contribution in [0.25, 0.3) is 0 Å². The molecule has 0 aromatic carbocycles. The summed E-state index contributed by atoms with van der Waals surface area (Å²) in [6, 6.07) is 0. The van der Waals surface area contributed by atoms with E-state index in [4.69, 9.17) is 0 Å². The minimum atomic E-state index is -0.142. The Morgan fingerprint density at radius 2 is 1.90 bits per heavy atom. The smallest absolute Gasteiger partial charge is 0.221 e. The molecule has 0 atom stereocenters. The first-order valence-corrected chi connectivity index (χ1v) is 3.18. The lowest BCUT2D eigenvalue weighted by atomic mass is 10.5. The summed E-state index contributed by atoms with van der Waals surface area (Å²) in [6.07, 6.45) is 0.444. The molecule has 0 unspecified atom stereocenters. The second-order valence-corrected chi connectivity index (χ2v) is 1.86. The van der Waals surface area contributed by atoms with Crippen molar-refractivity contribution in [3.05, 3.63) is 0 Å². The molecule has 58 valence electrons. The lowest BCUT2D eigenvalue weighted by Gasteiger charge is -2.02. The van der Waals surface area contributed by atoms with Crippen LogP contribution in [-0.4, -0.2) is 18.5 Å². The zero-order valence-electron chi connectivity index (χ0n) is 6.23. The average molecular weight is 144 g/mol. The lowest BCUT2D eigenvalue weighted by Crippen LogP contribution is -2.35. The van der Waals surface area contributed by atoms with Gasteiger partial charge >= 0.3 is 0 Å². The molecule has 10 heavy (non-hydrogen) atoms. The summed E-state index contributed by atoms with van der Waals surface area (Å²) in [5.41, 5.74) is 0. The Kier molecular flexibility index (Phi) is 4.28. The van der Waals surface area contributed by atoms with Crippen molar-refractivity contribution in [1.82, 2.24) is 10.6 Å². The maximum absolute atomic E-state index is 10.5. The van der Waals surface area contributed by atoms with Crippen LogP contribution in [0.2, 0.25) is 0 Å². The van der Waals surface area contributed by atoms with Gasteiger partial charge in [-0.15, -0.1) is 0 Å². The number of carbonyl (C=O) groups is 2. The highest BCUT2D eigenvalue weighted by molar-refractivity contribution is 5.77. The summed E-state index contributed by atoms with van der Waals surface area (Å²) in [4.78, 5) is 20.8. The van der Waals surface area contributed by atoms with Gasteiger partial charge in [0.2, 0.25) is 11.8 Å². The van der Waals surface area contributed by atoms with Gasteiger partial charge in [-0.1, -0.05) is 6.92 Å². The first-order chi connectivity index (χ1) is 4.66. The summed E-state index contributed by atoms with van der Waals surface area (Å²) in [5, 5.41) is 4.93. The van der Waals surface area contributed by atoms with Crippen molar-refractivity contribution in [3.8, 4) is 0 Å². The van der Waals surface area contributed by atoms with Crippen LogP contribution in [0.15, 0.2) is 0 Å². The zero-order chi connectivity index (χ0) is 7.98. The molecule has 2 amide bonds. The third kappa shape index (κ3) is 5.08. The summed E-state index contributed by atoms with van der Waals surface area (Å²) < 4.78 is 0. The molecule has 0 saturated carbocycles. The van der Waals surface area contributed by atoms with Gasteiger partial charge in [0.15, 0.2) is 0 Å². The van der Waals surface area contributed by atoms with Gasteiger partial charge in [-0.25, -0.2) is 0 Å². The standard InChI is InChI=1S/C6H12N2O2/c1-3-6(10)8-4-7-5(2)9/h3-4H2,1-2H3,(H,7,9)(H,8,10). The molecule has 0 aliphatic heterocycles. The van der Waals surface area contributed by atoms with E-state index >= 15 is 0 Å². The molecule has 0 heterocycles. The average Bonchev–Trinajstić information content (AvgIpc) is 1.87. The highest BCUT2D eigenvalue weighted by Crippen LogP contribution is 1.71. The molecular formula is C6H12N2O2. The summed E-state index contributed by atoms with van der Waals surface area (Å²) in [5.74, 6) is -0.204. The molecule has 4 heteroatoms. The van der Waals surface area contributed by atoms with Gasteiger partial charge in [-0.05, 0) is 0 Å². The molecule has 0 bridgehead atoms. The fourth-order valence-electron chi connectivity index (χ4n) is 0.392. The topological polar surface area (TPSA) is 58.2 Å². The minimum absolute atomic E-state index is 0.0613. The molecule has 0 spiro atoms. The van der Waals surface area contributed by atoms with Crippen LogP contribution >= 0.6 is 0 Å². The predicted molar refractivity (Wildman–Crippen MR) is 37.1 cm³/mol. The molecule has 0 aromatic rings. The first-order valence-electron chi connectivity index (χ1n) is 3.18. The number of amides is 2. The van der Waals surface area contributed by atoms with E-state index < -0.39 is 0 Å². The fourth-order valence-corrected chi connectivity index (χ4v) is 0.392. The van der Waals surface area contributed by atoms with Crippen molar-refractivity contribution >= 4 is 11.8 Å². The second-order valence-electron chi connectivity index (χ2n) is 1.86. The molecule has 0 radical (unpaired) electrons. The fraction of sp³-hybridized carbons (Fsp3) is 0.667. The van der Waals surface area contributed by atoms with Crippen molar-refractivity contribution in [2.75, 3.05) is 6.67 Å². The molecular weight excluding hydrogens is 132 g/mol. The van der Waals surface area contributed by atoms with Crippen LogP contribution in [0, 0.1) is 0 Å². The highest BCUT2D eigenvalue weighted by Gasteiger charge is 1.94. The summed E-state index contributed by atoms with van der Waals surface area (Å²) in [6.45, 7) is 3.38. The van der Waals surface area contributed by atoms with E-state index in [-0.39, 0.29) is 18.5 Å². The van der Waals surface area contributed by atoms with Crippen molar-refractivity contribution in [2.45, 2.75) is 20.3 Å². The second kappa shape index (κ2) is 4.78. The van der Waals surface area contributed by atoms with Gasteiger partial charge in [-0.3, -0.25) is 9.59 Å². The third-order valence-electron chi connectivity index (χ3n) is 0.944. The van der Waals surface area contributed by atoms with E-state index in [0.29, 0.717) is 6.42 Å². The van der Waals surface area contributed by atoms with Gasteiger partial charge < -0.3 is 10.6 Å². The monoisotopic (exact) mass is 144 g/mol. The Bertz CT molecular complexity index is 134. The van der Waals surface area contributed by atoms with E-state index in [2.05, 4.69) is 10.6 Å². The van der Waals surface area contributed by atoms with E-state index in [1.165, 1.54) is 6.92 Å². The Morgan fingerprint density at radius 3 is 2.30 bits per heavy atom. The van der Waals surface area contributed by atoms with Crippen LogP contribution in [0.3, 0.4) is 0 Å². The van der Waals surface area contributed by atoms with Crippen molar-refractivity contribution in [1.29, 1.82) is 0 Å². The van der Waals surface area contributed by atoms with Crippen LogP contribution in [-0.2, 0) is 9.59 Å². The van der Waals surface area contributed by atoms with E-state index in [9.17, 15) is 9.59 Å². The van der Waals surface area contributed by atoms with Gasteiger partial charge in [0.1, 0.15) is 0 Å². The third-order valence-corrected chi connectivity index (χ3v) is 0.944. The summed E-state index contributed by atoms with van der Waals surface area (Å²) in [7, 11) is 0. The van der Waals surface area contributed by atoms with Crippen LogP contribution in [0.5, 0.6) is 0 Å². The van der Waals surface area contributed by atoms with Crippen LogP contribution < -0.4 is 10.6 Å². The van der Waals surface area contributed by atoms with Crippen molar-refractivity contribution in [2.24, 2.45) is 0 Å². The Balaban J connectivity index is 3.20. The van der Waals surface area contributed by atoms with E-state index in [0.717, 1.165) is 0 Å². The molecule has 0 fully saturated rings. The molecule has 0 aliphatic carbocycles. The van der Waals surface area contributed by atoms with E-state index in [1.807, 2.05) is 0 Å². The number of nitrogens with one attached hydrogen (secondary N) is 2. The lowest BCUT2D eigenvalue weighted by molar-refractivity contribution is -0.121. The molecule has 0 saturated heterocycles. The van der Waals surface area contributed by atoms with Crippen LogP contribution in [0.1, 0.15) is 20.3 Å². The highest BCUT2D eigenvalue weighted by atomic mass is 16.2. The molecule has 0 rings (SSSR count). The molecule has 4 nitrogen and oxygen atoms in total. The largest absolute Gasteiger partial charge is 0.339 e.